The summed E-state index contributed by atoms with van der Waals surface area (Å²) < 4.78 is 15.9. The number of phosphoric ester groups is 1. The van der Waals surface area contributed by atoms with Gasteiger partial charge in [0.05, 0.1) is 6.10 Å². The van der Waals surface area contributed by atoms with E-state index < -0.39 is 85.5 Å². The van der Waals surface area contributed by atoms with Gasteiger partial charge in [0.15, 0.2) is 0 Å². The van der Waals surface area contributed by atoms with E-state index in [-0.39, 0.29) is 56.7 Å². The number of nitrogens with two attached hydrogens (primary N) is 2. The predicted molar refractivity (Wildman–Crippen MR) is 209 cm³/mol. The van der Waals surface area contributed by atoms with Crippen LogP contribution in [0.25, 0.3) is 0 Å². The zero-order chi connectivity index (χ0) is 43.2. The molecule has 318 valence electrons. The molecule has 0 bridgehead atoms. The molecule has 3 rings (SSSR count). The van der Waals surface area contributed by atoms with Crippen LogP contribution in [-0.2, 0) is 51.0 Å². The number of likely N-dealkylation sites (tertiary alicyclic amines) is 1. The summed E-state index contributed by atoms with van der Waals surface area (Å²) in [6, 6.07) is 8.45. The molecule has 1 aliphatic heterocycles. The lowest BCUT2D eigenvalue weighted by atomic mass is 10.00. The number of aliphatic hydroxyl groups excluding tert-OH is 1. The zero-order valence-electron chi connectivity index (χ0n) is 32.7. The topological polar surface area (TPSA) is 310 Å². The highest BCUT2D eigenvalue weighted by Gasteiger charge is 2.40. The second-order valence-corrected chi connectivity index (χ2v) is 15.8. The molecule has 1 fully saturated rings. The van der Waals surface area contributed by atoms with Crippen LogP contribution in [0.15, 0.2) is 54.6 Å². The number of amides is 7. The van der Waals surface area contributed by atoms with Crippen molar-refractivity contribution in [3.63, 3.8) is 0 Å². The van der Waals surface area contributed by atoms with E-state index in [1.165, 1.54) is 36.1 Å². The monoisotopic (exact) mass is 831 g/mol. The quantitative estimate of drug-likeness (QED) is 0.0675. The summed E-state index contributed by atoms with van der Waals surface area (Å²) in [7, 11) is -4.83. The fourth-order valence-corrected chi connectivity index (χ4v) is 6.81. The van der Waals surface area contributed by atoms with Gasteiger partial charge < -0.3 is 47.3 Å². The van der Waals surface area contributed by atoms with E-state index in [0.717, 1.165) is 5.56 Å². The number of rotatable bonds is 22. The lowest BCUT2D eigenvalue weighted by Gasteiger charge is -2.31. The van der Waals surface area contributed by atoms with E-state index in [0.29, 0.717) is 18.4 Å². The van der Waals surface area contributed by atoms with Crippen molar-refractivity contribution in [1.29, 1.82) is 0 Å². The average molecular weight is 832 g/mol. The van der Waals surface area contributed by atoms with Gasteiger partial charge in [-0.25, -0.2) is 4.57 Å². The van der Waals surface area contributed by atoms with Crippen LogP contribution in [0.5, 0.6) is 5.75 Å². The number of hydrogen-bond donors (Lipinski definition) is 9. The number of benzene rings is 2. The van der Waals surface area contributed by atoms with Crippen LogP contribution >= 0.6 is 7.82 Å². The fourth-order valence-electron chi connectivity index (χ4n) is 6.41. The minimum absolute atomic E-state index is 0.0441. The molecule has 1 heterocycles. The van der Waals surface area contributed by atoms with E-state index in [4.69, 9.17) is 21.3 Å². The van der Waals surface area contributed by atoms with Crippen molar-refractivity contribution in [3.8, 4) is 5.75 Å². The van der Waals surface area contributed by atoms with Crippen LogP contribution in [0.2, 0.25) is 0 Å². The van der Waals surface area contributed by atoms with E-state index in [1.54, 1.807) is 0 Å². The first-order chi connectivity index (χ1) is 27.2. The van der Waals surface area contributed by atoms with Crippen molar-refractivity contribution < 1.29 is 57.5 Å². The maximum atomic E-state index is 14.2. The molecular formula is C38H54N7O12P. The third-order valence-electron chi connectivity index (χ3n) is 9.28. The molecule has 58 heavy (non-hydrogen) atoms. The molecule has 19 nitrogen and oxygen atoms in total. The first-order valence-electron chi connectivity index (χ1n) is 18.9. The molecule has 6 atom stereocenters. The van der Waals surface area contributed by atoms with Crippen LogP contribution in [0, 0.1) is 5.92 Å². The van der Waals surface area contributed by atoms with Crippen molar-refractivity contribution in [2.24, 2.45) is 17.4 Å². The van der Waals surface area contributed by atoms with E-state index in [2.05, 4.69) is 25.8 Å². The summed E-state index contributed by atoms with van der Waals surface area (Å²) in [5.74, 6) is -5.44. The van der Waals surface area contributed by atoms with Crippen molar-refractivity contribution in [2.75, 3.05) is 6.54 Å². The largest absolute Gasteiger partial charge is 0.524 e. The number of hydrogen-bond acceptors (Lipinski definition) is 10. The number of aliphatic hydroxyl groups is 1. The Labute approximate surface area is 336 Å². The van der Waals surface area contributed by atoms with Gasteiger partial charge in [-0.15, -0.1) is 0 Å². The molecular weight excluding hydrogens is 777 g/mol. The van der Waals surface area contributed by atoms with E-state index in [1.807, 2.05) is 44.2 Å². The number of phosphoric acid groups is 1. The number of primary amides is 2. The summed E-state index contributed by atoms with van der Waals surface area (Å²) in [6.07, 6.45) is -0.846. The summed E-state index contributed by atoms with van der Waals surface area (Å²) in [4.78, 5) is 111. The first-order valence-corrected chi connectivity index (χ1v) is 20.4. The molecule has 0 radical (unpaired) electrons. The van der Waals surface area contributed by atoms with E-state index in [9.17, 15) is 43.2 Å². The molecule has 0 aliphatic carbocycles. The summed E-state index contributed by atoms with van der Waals surface area (Å²) in [5, 5.41) is 20.3. The van der Waals surface area contributed by atoms with Gasteiger partial charge in [0.1, 0.15) is 36.0 Å². The molecule has 11 N–H and O–H groups in total. The molecule has 0 aromatic heterocycles. The van der Waals surface area contributed by atoms with Crippen molar-refractivity contribution >= 4 is 49.2 Å². The molecule has 1 saturated heterocycles. The van der Waals surface area contributed by atoms with E-state index >= 15 is 0 Å². The molecule has 0 saturated carbocycles. The Hall–Kier alpha value is -5.36. The Morgan fingerprint density at radius 1 is 0.828 bits per heavy atom. The summed E-state index contributed by atoms with van der Waals surface area (Å²) >= 11 is 0. The maximum Gasteiger partial charge on any atom is 0.524 e. The lowest BCUT2D eigenvalue weighted by Crippen LogP contribution is -2.59. The molecule has 1 aliphatic rings. The minimum Gasteiger partial charge on any atom is -0.404 e. The van der Waals surface area contributed by atoms with Gasteiger partial charge in [-0.1, -0.05) is 56.3 Å². The summed E-state index contributed by atoms with van der Waals surface area (Å²) in [5.41, 5.74) is 12.0. The highest BCUT2D eigenvalue weighted by Crippen LogP contribution is 2.37. The number of nitrogens with zero attached hydrogens (tertiary/aromatic N) is 1. The van der Waals surface area contributed by atoms with Gasteiger partial charge in [0.2, 0.25) is 41.4 Å². The Kier molecular flexibility index (Phi) is 17.8. The number of nitrogens with one attached hydrogen (secondary N) is 4. The standard InChI is InChI=1S/C38H54N7O12P/c1-22(2)20-29(38(53)45-19-7-10-30(45)37(52)42-27(16-17-31(39)47)35(50)44-33(23(3)46)34(40)49)43-36(51)28(41-32(48)18-13-24-8-5-4-6-9-24)21-25-11-14-26(15-12-25)57-58(54,55)56/h4-6,8-9,11-12,14-15,22-23,27-30,33,46H,7,10,13,16-21H2,1-3H3,(H2,39,47)(H2,40,49)(H,41,48)(H,42,52)(H,43,51)(H,44,50)(H2,54,55,56)/t23?,27-,28-,29-,30-,33-/m0/s1. The maximum absolute atomic E-state index is 14.2. The van der Waals surface area contributed by atoms with Gasteiger partial charge in [-0.2, -0.15) is 0 Å². The predicted octanol–water partition coefficient (Wildman–Crippen LogP) is -0.559. The number of carbonyl (C=O) groups excluding carboxylic acids is 7. The van der Waals surface area contributed by atoms with Crippen LogP contribution in [0.3, 0.4) is 0 Å². The third-order valence-corrected chi connectivity index (χ3v) is 9.73. The second kappa shape index (κ2) is 22.0. The molecule has 1 unspecified atom stereocenters. The molecule has 7 amide bonds. The highest BCUT2D eigenvalue weighted by atomic mass is 31.2. The highest BCUT2D eigenvalue weighted by molar-refractivity contribution is 7.46. The minimum atomic E-state index is -4.83. The van der Waals surface area contributed by atoms with Crippen LogP contribution in [-0.4, -0.2) is 104 Å². The van der Waals surface area contributed by atoms with Crippen molar-refractivity contribution in [2.45, 2.75) is 108 Å². The number of carbonyl (C=O) groups is 7. The lowest BCUT2D eigenvalue weighted by molar-refractivity contribution is -0.143. The van der Waals surface area contributed by atoms with Crippen molar-refractivity contribution in [3.05, 3.63) is 65.7 Å². The van der Waals surface area contributed by atoms with Gasteiger partial charge in [-0.3, -0.25) is 43.3 Å². The SMILES string of the molecule is CC(C)C[C@H](NC(=O)[C@H](Cc1ccc(OP(=O)(O)O)cc1)NC(=O)CCc1ccccc1)C(=O)N1CCC[C@H]1C(=O)N[C@@H](CCC(N)=O)C(=O)N[C@H](C(N)=O)C(C)O. The van der Waals surface area contributed by atoms with Crippen LogP contribution in [0.1, 0.15) is 70.4 Å². The number of aryl methyl sites for hydroxylation is 1. The van der Waals surface area contributed by atoms with Gasteiger partial charge in [0.25, 0.3) is 0 Å². The van der Waals surface area contributed by atoms with Gasteiger partial charge >= 0.3 is 7.82 Å². The molecule has 20 heteroatoms. The van der Waals surface area contributed by atoms with Gasteiger partial charge in [0, 0.05) is 25.8 Å². The Bertz CT molecular complexity index is 1810. The van der Waals surface area contributed by atoms with Crippen molar-refractivity contribution in [1.82, 2.24) is 26.2 Å². The fraction of sp³-hybridized carbons (Fsp3) is 0.500. The Morgan fingerprint density at radius 3 is 2.03 bits per heavy atom. The van der Waals surface area contributed by atoms with Crippen LogP contribution < -0.4 is 37.3 Å². The normalized spacial score (nSPS) is 16.6. The van der Waals surface area contributed by atoms with Gasteiger partial charge in [-0.05, 0) is 68.2 Å². The average Bonchev–Trinajstić information content (AvgIpc) is 3.64. The molecule has 0 spiro atoms. The second-order valence-electron chi connectivity index (χ2n) is 14.6. The Balaban J connectivity index is 1.83. The zero-order valence-corrected chi connectivity index (χ0v) is 33.6. The third kappa shape index (κ3) is 15.5. The smallest absolute Gasteiger partial charge is 0.404 e. The first kappa shape index (κ1) is 47.0. The van der Waals surface area contributed by atoms with Crippen LogP contribution in [0.4, 0.5) is 0 Å². The summed E-state index contributed by atoms with van der Waals surface area (Å²) in [6.45, 7) is 5.03. The molecule has 2 aromatic rings. The Morgan fingerprint density at radius 2 is 1.47 bits per heavy atom. The molecule has 2 aromatic carbocycles.